The number of piperidine rings is 1. The molecule has 0 aliphatic carbocycles. The summed E-state index contributed by atoms with van der Waals surface area (Å²) in [4.78, 5) is 7.13. The van der Waals surface area contributed by atoms with Crippen LogP contribution in [0.5, 0.6) is 0 Å². The number of hydrogen-bond donors (Lipinski definition) is 3. The fourth-order valence-electron chi connectivity index (χ4n) is 3.94. The van der Waals surface area contributed by atoms with Crippen LogP contribution in [0.4, 0.5) is 0 Å². The maximum Gasteiger partial charge on any atom is 0.191 e. The molecular weight excluding hydrogens is 392 g/mol. The molecule has 2 heterocycles. The van der Waals surface area contributed by atoms with E-state index in [2.05, 4.69) is 46.7 Å². The molecule has 2 aliphatic heterocycles. The summed E-state index contributed by atoms with van der Waals surface area (Å²) >= 11 is 0. The van der Waals surface area contributed by atoms with E-state index >= 15 is 0 Å². The molecule has 7 nitrogen and oxygen atoms in total. The molecule has 7 heteroatoms. The van der Waals surface area contributed by atoms with Gasteiger partial charge in [0.2, 0.25) is 0 Å². The van der Waals surface area contributed by atoms with E-state index in [-0.39, 0.29) is 6.10 Å². The number of nitrogens with one attached hydrogen (secondary N) is 2. The van der Waals surface area contributed by atoms with Crippen LogP contribution >= 0.6 is 0 Å². The number of likely N-dealkylation sites (tertiary alicyclic amines) is 1. The Morgan fingerprint density at radius 1 is 1.16 bits per heavy atom. The Morgan fingerprint density at radius 2 is 1.94 bits per heavy atom. The first kappa shape index (κ1) is 24.0. The van der Waals surface area contributed by atoms with E-state index in [0.717, 1.165) is 90.8 Å². The molecule has 174 valence electrons. The van der Waals surface area contributed by atoms with Crippen LogP contribution in [0, 0.1) is 5.92 Å². The van der Waals surface area contributed by atoms with Crippen LogP contribution in [-0.4, -0.2) is 74.7 Å². The molecule has 1 unspecified atom stereocenters. The van der Waals surface area contributed by atoms with E-state index < -0.39 is 0 Å². The van der Waals surface area contributed by atoms with Gasteiger partial charge < -0.3 is 25.2 Å². The highest BCUT2D eigenvalue weighted by Crippen LogP contribution is 2.15. The molecular formula is C24H40N4O3. The van der Waals surface area contributed by atoms with Crippen LogP contribution in [0.3, 0.4) is 0 Å². The summed E-state index contributed by atoms with van der Waals surface area (Å²) in [6.45, 7) is 10.6. The Labute approximate surface area is 187 Å². The molecule has 1 aromatic carbocycles. The quantitative estimate of drug-likeness (QED) is 0.283. The first-order valence-corrected chi connectivity index (χ1v) is 11.9. The van der Waals surface area contributed by atoms with Crippen molar-refractivity contribution in [1.29, 1.82) is 0 Å². The van der Waals surface area contributed by atoms with Crippen LogP contribution < -0.4 is 10.6 Å². The molecule has 2 fully saturated rings. The summed E-state index contributed by atoms with van der Waals surface area (Å²) in [5, 5.41) is 16.4. The third kappa shape index (κ3) is 9.15. The van der Waals surface area contributed by atoms with Gasteiger partial charge in [0, 0.05) is 51.9 Å². The summed E-state index contributed by atoms with van der Waals surface area (Å²) in [5.41, 5.74) is 2.52. The third-order valence-electron chi connectivity index (χ3n) is 5.89. The topological polar surface area (TPSA) is 78.4 Å². The summed E-state index contributed by atoms with van der Waals surface area (Å²) in [7, 11) is 0. The van der Waals surface area contributed by atoms with Crippen LogP contribution in [0.15, 0.2) is 29.3 Å². The molecule has 2 saturated heterocycles. The summed E-state index contributed by atoms with van der Waals surface area (Å²) in [6.07, 6.45) is 3.73. The van der Waals surface area contributed by atoms with Gasteiger partial charge in [0.1, 0.15) is 0 Å². The van der Waals surface area contributed by atoms with Crippen molar-refractivity contribution in [3.63, 3.8) is 0 Å². The van der Waals surface area contributed by atoms with Crippen molar-refractivity contribution < 1.29 is 14.6 Å². The van der Waals surface area contributed by atoms with E-state index in [0.29, 0.717) is 12.5 Å². The molecule has 0 amide bonds. The Kier molecular flexibility index (Phi) is 10.6. The number of aliphatic imine (C=N–C) groups is 1. The van der Waals surface area contributed by atoms with Crippen molar-refractivity contribution in [3.8, 4) is 0 Å². The van der Waals surface area contributed by atoms with Crippen LogP contribution in [0.1, 0.15) is 43.7 Å². The summed E-state index contributed by atoms with van der Waals surface area (Å²) < 4.78 is 11.1. The first-order chi connectivity index (χ1) is 15.2. The molecule has 0 saturated carbocycles. The number of aliphatic hydroxyl groups is 1. The fourth-order valence-corrected chi connectivity index (χ4v) is 3.94. The van der Waals surface area contributed by atoms with Gasteiger partial charge >= 0.3 is 0 Å². The number of guanidine groups is 1. The Hall–Kier alpha value is -1.67. The first-order valence-electron chi connectivity index (χ1n) is 11.9. The van der Waals surface area contributed by atoms with Crippen LogP contribution in [-0.2, 0) is 22.6 Å². The van der Waals surface area contributed by atoms with Gasteiger partial charge in [0.15, 0.2) is 5.96 Å². The van der Waals surface area contributed by atoms with E-state index in [9.17, 15) is 5.11 Å². The monoisotopic (exact) mass is 432 g/mol. The Bertz CT molecular complexity index is 639. The van der Waals surface area contributed by atoms with Gasteiger partial charge in [-0.1, -0.05) is 24.3 Å². The molecule has 2 aliphatic rings. The molecule has 0 radical (unpaired) electrons. The minimum Gasteiger partial charge on any atom is -0.393 e. The van der Waals surface area contributed by atoms with Gasteiger partial charge in [0.05, 0.1) is 25.9 Å². The van der Waals surface area contributed by atoms with Crippen LogP contribution in [0.2, 0.25) is 0 Å². The lowest BCUT2D eigenvalue weighted by atomic mass is 10.1. The average Bonchev–Trinajstić information content (AvgIpc) is 3.30. The van der Waals surface area contributed by atoms with Gasteiger partial charge in [-0.2, -0.15) is 0 Å². The zero-order valence-corrected chi connectivity index (χ0v) is 19.0. The van der Waals surface area contributed by atoms with Crippen LogP contribution in [0.25, 0.3) is 0 Å². The number of benzene rings is 1. The number of ether oxygens (including phenoxy) is 2. The molecule has 0 bridgehead atoms. The van der Waals surface area contributed by atoms with Crippen molar-refractivity contribution in [2.24, 2.45) is 10.9 Å². The van der Waals surface area contributed by atoms with Gasteiger partial charge in [-0.15, -0.1) is 0 Å². The van der Waals surface area contributed by atoms with E-state index in [1.807, 2.05) is 0 Å². The second kappa shape index (κ2) is 13.7. The fraction of sp³-hybridized carbons (Fsp3) is 0.708. The normalized spacial score (nSPS) is 20.8. The SMILES string of the molecule is CCNC(=NCc1ccc(CN2CCC(O)CC2)cc1)NCCCOCC1CCOC1. The van der Waals surface area contributed by atoms with Crippen molar-refractivity contribution >= 4 is 5.96 Å². The van der Waals surface area contributed by atoms with Crippen molar-refractivity contribution in [2.45, 2.75) is 51.8 Å². The van der Waals surface area contributed by atoms with Gasteiger partial charge in [-0.3, -0.25) is 4.90 Å². The number of aliphatic hydroxyl groups excluding tert-OH is 1. The van der Waals surface area contributed by atoms with Crippen molar-refractivity contribution in [1.82, 2.24) is 15.5 Å². The minimum atomic E-state index is -0.115. The molecule has 3 N–H and O–H groups in total. The second-order valence-electron chi connectivity index (χ2n) is 8.60. The third-order valence-corrected chi connectivity index (χ3v) is 5.89. The number of rotatable bonds is 11. The molecule has 1 atom stereocenters. The molecule has 0 spiro atoms. The highest BCUT2D eigenvalue weighted by atomic mass is 16.5. The minimum absolute atomic E-state index is 0.115. The predicted octanol–water partition coefficient (Wildman–Crippen LogP) is 2.14. The van der Waals surface area contributed by atoms with Gasteiger partial charge in [-0.05, 0) is 43.7 Å². The lowest BCUT2D eigenvalue weighted by molar-refractivity contribution is 0.0792. The zero-order chi connectivity index (χ0) is 21.7. The van der Waals surface area contributed by atoms with Gasteiger partial charge in [0.25, 0.3) is 0 Å². The van der Waals surface area contributed by atoms with Gasteiger partial charge in [-0.25, -0.2) is 4.99 Å². The summed E-state index contributed by atoms with van der Waals surface area (Å²) in [5.74, 6) is 1.42. The zero-order valence-electron chi connectivity index (χ0n) is 19.0. The highest BCUT2D eigenvalue weighted by Gasteiger charge is 2.17. The van der Waals surface area contributed by atoms with E-state index in [4.69, 9.17) is 14.5 Å². The number of hydrogen-bond acceptors (Lipinski definition) is 5. The average molecular weight is 433 g/mol. The molecule has 0 aromatic heterocycles. The number of nitrogens with zero attached hydrogens (tertiary/aromatic N) is 2. The Morgan fingerprint density at radius 3 is 2.65 bits per heavy atom. The highest BCUT2D eigenvalue weighted by molar-refractivity contribution is 5.79. The van der Waals surface area contributed by atoms with E-state index in [1.54, 1.807) is 0 Å². The standard InChI is InChI=1S/C24H40N4O3/c1-2-25-24(26-11-3-14-30-18-22-10-15-31-19-22)27-16-20-4-6-21(7-5-20)17-28-12-8-23(29)9-13-28/h4-7,22-23,29H,2-3,8-19H2,1H3,(H2,25,26,27). The Balaban J connectivity index is 1.34. The lowest BCUT2D eigenvalue weighted by Gasteiger charge is -2.29. The second-order valence-corrected chi connectivity index (χ2v) is 8.60. The predicted molar refractivity (Wildman–Crippen MR) is 124 cm³/mol. The van der Waals surface area contributed by atoms with Crippen molar-refractivity contribution in [2.75, 3.05) is 52.6 Å². The van der Waals surface area contributed by atoms with Crippen molar-refractivity contribution in [3.05, 3.63) is 35.4 Å². The lowest BCUT2D eigenvalue weighted by Crippen LogP contribution is -2.38. The van der Waals surface area contributed by atoms with E-state index in [1.165, 1.54) is 11.1 Å². The molecule has 31 heavy (non-hydrogen) atoms. The molecule has 3 rings (SSSR count). The maximum absolute atomic E-state index is 9.64. The smallest absolute Gasteiger partial charge is 0.191 e. The molecule has 1 aromatic rings. The maximum atomic E-state index is 9.64. The largest absolute Gasteiger partial charge is 0.393 e. The summed E-state index contributed by atoms with van der Waals surface area (Å²) in [6, 6.07) is 8.73.